The fraction of sp³-hybridized carbons (Fsp3) is 0.611. The molecule has 1 aliphatic rings. The highest BCUT2D eigenvalue weighted by Gasteiger charge is 2.21. The highest BCUT2D eigenvalue weighted by Crippen LogP contribution is 2.27. The Hall–Kier alpha value is -1.73. The van der Waals surface area contributed by atoms with Gasteiger partial charge >= 0.3 is 0 Å². The van der Waals surface area contributed by atoms with Gasteiger partial charge in [0.2, 0.25) is 5.91 Å². The average Bonchev–Trinajstić information content (AvgIpc) is 3.03. The predicted octanol–water partition coefficient (Wildman–Crippen LogP) is 2.37. The van der Waals surface area contributed by atoms with Gasteiger partial charge in [-0.15, -0.1) is 11.3 Å². The zero-order valence-corrected chi connectivity index (χ0v) is 16.1. The summed E-state index contributed by atoms with van der Waals surface area (Å²) in [6.45, 7) is 11.3. The van der Waals surface area contributed by atoms with Gasteiger partial charge in [-0.1, -0.05) is 20.8 Å². The molecule has 0 unspecified atom stereocenters. The molecule has 0 aromatic carbocycles. The summed E-state index contributed by atoms with van der Waals surface area (Å²) >= 11 is 1.64. The molecule has 0 saturated carbocycles. The molecule has 3 heterocycles. The predicted molar refractivity (Wildman–Crippen MR) is 103 cm³/mol. The standard InChI is InChI=1S/C18H27N5OS/c1-18(2,3)5-6-19-15(24)12-22-7-9-23(10-8-22)16-14-4-11-25-17(14)21-13-20-16/h4,11,13H,5-10,12H2,1-3H3,(H,19,24). The van der Waals surface area contributed by atoms with Crippen LogP contribution in [0.2, 0.25) is 0 Å². The summed E-state index contributed by atoms with van der Waals surface area (Å²) < 4.78 is 0. The largest absolute Gasteiger partial charge is 0.355 e. The van der Waals surface area contributed by atoms with Crippen molar-refractivity contribution in [2.45, 2.75) is 27.2 Å². The van der Waals surface area contributed by atoms with Crippen molar-refractivity contribution < 1.29 is 4.79 Å². The Balaban J connectivity index is 1.47. The first-order valence-electron chi connectivity index (χ1n) is 8.84. The van der Waals surface area contributed by atoms with Crippen molar-refractivity contribution in [3.63, 3.8) is 0 Å². The van der Waals surface area contributed by atoms with Gasteiger partial charge in [-0.05, 0) is 23.3 Å². The van der Waals surface area contributed by atoms with Crippen LogP contribution >= 0.6 is 11.3 Å². The Morgan fingerprint density at radius 3 is 2.72 bits per heavy atom. The van der Waals surface area contributed by atoms with E-state index in [4.69, 9.17) is 0 Å². The lowest BCUT2D eigenvalue weighted by molar-refractivity contribution is -0.122. The molecule has 1 aliphatic heterocycles. The Morgan fingerprint density at radius 1 is 1.24 bits per heavy atom. The van der Waals surface area contributed by atoms with Crippen molar-refractivity contribution >= 4 is 33.3 Å². The van der Waals surface area contributed by atoms with E-state index in [1.54, 1.807) is 17.7 Å². The van der Waals surface area contributed by atoms with Gasteiger partial charge in [0.1, 0.15) is 17.0 Å². The number of rotatable bonds is 5. The summed E-state index contributed by atoms with van der Waals surface area (Å²) in [5.74, 6) is 1.14. The number of hydrogen-bond acceptors (Lipinski definition) is 6. The molecule has 136 valence electrons. The van der Waals surface area contributed by atoms with Crippen molar-refractivity contribution in [2.24, 2.45) is 5.41 Å². The average molecular weight is 362 g/mol. The van der Waals surface area contributed by atoms with Crippen LogP contribution in [0, 0.1) is 5.41 Å². The van der Waals surface area contributed by atoms with E-state index < -0.39 is 0 Å². The number of nitrogens with one attached hydrogen (secondary N) is 1. The first-order valence-corrected chi connectivity index (χ1v) is 9.72. The van der Waals surface area contributed by atoms with Crippen LogP contribution in [-0.2, 0) is 4.79 Å². The number of aromatic nitrogens is 2. The second-order valence-electron chi connectivity index (χ2n) is 7.76. The molecule has 0 spiro atoms. The maximum atomic E-state index is 12.1. The number of carbonyl (C=O) groups excluding carboxylic acids is 1. The number of amides is 1. The summed E-state index contributed by atoms with van der Waals surface area (Å²) in [5, 5.41) is 6.22. The van der Waals surface area contributed by atoms with E-state index in [0.29, 0.717) is 6.54 Å². The Kier molecular flexibility index (Phi) is 5.54. The molecular formula is C18H27N5OS. The van der Waals surface area contributed by atoms with E-state index >= 15 is 0 Å². The van der Waals surface area contributed by atoms with Crippen LogP contribution in [0.15, 0.2) is 17.8 Å². The minimum atomic E-state index is 0.125. The fourth-order valence-corrected chi connectivity index (χ4v) is 3.71. The normalized spacial score (nSPS) is 16.4. The Labute approximate surface area is 153 Å². The third kappa shape index (κ3) is 4.89. The number of thiophene rings is 1. The fourth-order valence-electron chi connectivity index (χ4n) is 2.98. The molecule has 0 aliphatic carbocycles. The topological polar surface area (TPSA) is 61.4 Å². The van der Waals surface area contributed by atoms with E-state index in [1.165, 1.54) is 0 Å². The van der Waals surface area contributed by atoms with Gasteiger partial charge in [0.05, 0.1) is 11.9 Å². The van der Waals surface area contributed by atoms with Crippen molar-refractivity contribution in [3.05, 3.63) is 17.8 Å². The van der Waals surface area contributed by atoms with Crippen LogP contribution in [0.1, 0.15) is 27.2 Å². The summed E-state index contributed by atoms with van der Waals surface area (Å²) in [6, 6.07) is 2.09. The molecule has 0 radical (unpaired) electrons. The number of nitrogens with zero attached hydrogens (tertiary/aromatic N) is 4. The van der Waals surface area contributed by atoms with Gasteiger partial charge in [-0.2, -0.15) is 0 Å². The first kappa shape index (κ1) is 18.1. The zero-order chi connectivity index (χ0) is 17.9. The van der Waals surface area contributed by atoms with Gasteiger partial charge in [-0.3, -0.25) is 9.69 Å². The smallest absolute Gasteiger partial charge is 0.234 e. The van der Waals surface area contributed by atoms with E-state index in [1.807, 2.05) is 0 Å². The molecule has 2 aromatic heterocycles. The van der Waals surface area contributed by atoms with Gasteiger partial charge in [-0.25, -0.2) is 9.97 Å². The van der Waals surface area contributed by atoms with Gasteiger partial charge < -0.3 is 10.2 Å². The molecule has 3 rings (SSSR count). The van der Waals surface area contributed by atoms with Crippen molar-refractivity contribution in [2.75, 3.05) is 44.2 Å². The molecule has 0 atom stereocenters. The lowest BCUT2D eigenvalue weighted by Crippen LogP contribution is -2.50. The summed E-state index contributed by atoms with van der Waals surface area (Å²) in [5.41, 5.74) is 0.253. The van der Waals surface area contributed by atoms with E-state index in [0.717, 1.165) is 55.2 Å². The third-order valence-electron chi connectivity index (χ3n) is 4.48. The molecule has 1 saturated heterocycles. The van der Waals surface area contributed by atoms with Crippen LogP contribution in [0.25, 0.3) is 10.2 Å². The minimum absolute atomic E-state index is 0.125. The van der Waals surface area contributed by atoms with Crippen LogP contribution < -0.4 is 10.2 Å². The van der Waals surface area contributed by atoms with Crippen molar-refractivity contribution in [3.8, 4) is 0 Å². The van der Waals surface area contributed by atoms with Gasteiger partial charge in [0.15, 0.2) is 0 Å². The number of anilines is 1. The molecule has 0 bridgehead atoms. The number of fused-ring (bicyclic) bond motifs is 1. The zero-order valence-electron chi connectivity index (χ0n) is 15.3. The summed E-state index contributed by atoms with van der Waals surface area (Å²) in [6.07, 6.45) is 2.64. The molecule has 1 amide bonds. The first-order chi connectivity index (χ1) is 11.9. The Morgan fingerprint density at radius 2 is 2.00 bits per heavy atom. The van der Waals surface area contributed by atoms with E-state index in [9.17, 15) is 4.79 Å². The molecule has 2 aromatic rings. The quantitative estimate of drug-likeness (QED) is 0.886. The lowest BCUT2D eigenvalue weighted by atomic mass is 9.92. The lowest BCUT2D eigenvalue weighted by Gasteiger charge is -2.35. The minimum Gasteiger partial charge on any atom is -0.355 e. The summed E-state index contributed by atoms with van der Waals surface area (Å²) in [4.78, 5) is 26.4. The molecular weight excluding hydrogens is 334 g/mol. The second-order valence-corrected chi connectivity index (χ2v) is 8.66. The van der Waals surface area contributed by atoms with Crippen LogP contribution in [0.5, 0.6) is 0 Å². The third-order valence-corrected chi connectivity index (χ3v) is 5.30. The highest BCUT2D eigenvalue weighted by molar-refractivity contribution is 7.16. The SMILES string of the molecule is CC(C)(C)CCNC(=O)CN1CCN(c2ncnc3sccc23)CC1. The van der Waals surface area contributed by atoms with Crippen LogP contribution in [0.4, 0.5) is 5.82 Å². The van der Waals surface area contributed by atoms with Crippen molar-refractivity contribution in [1.82, 2.24) is 20.2 Å². The van der Waals surface area contributed by atoms with Gasteiger partial charge in [0, 0.05) is 32.7 Å². The number of hydrogen-bond donors (Lipinski definition) is 1. The van der Waals surface area contributed by atoms with E-state index in [2.05, 4.69) is 57.3 Å². The molecule has 25 heavy (non-hydrogen) atoms. The maximum Gasteiger partial charge on any atom is 0.234 e. The molecule has 1 N–H and O–H groups in total. The molecule has 7 heteroatoms. The molecule has 6 nitrogen and oxygen atoms in total. The maximum absolute atomic E-state index is 12.1. The van der Waals surface area contributed by atoms with E-state index in [-0.39, 0.29) is 11.3 Å². The highest BCUT2D eigenvalue weighted by atomic mass is 32.1. The van der Waals surface area contributed by atoms with Crippen LogP contribution in [0.3, 0.4) is 0 Å². The number of piperazine rings is 1. The summed E-state index contributed by atoms with van der Waals surface area (Å²) in [7, 11) is 0. The second kappa shape index (κ2) is 7.66. The number of carbonyl (C=O) groups is 1. The molecule has 1 fully saturated rings. The van der Waals surface area contributed by atoms with Gasteiger partial charge in [0.25, 0.3) is 0 Å². The van der Waals surface area contributed by atoms with Crippen LogP contribution in [-0.4, -0.2) is 60.0 Å². The Bertz CT molecular complexity index is 716. The van der Waals surface area contributed by atoms with Crippen molar-refractivity contribution in [1.29, 1.82) is 0 Å². The monoisotopic (exact) mass is 361 g/mol.